The van der Waals surface area contributed by atoms with Crippen LogP contribution in [0.1, 0.15) is 27.8 Å². The van der Waals surface area contributed by atoms with Crippen molar-refractivity contribution >= 4 is 11.8 Å². The summed E-state index contributed by atoms with van der Waals surface area (Å²) in [5.74, 6) is -3.19. The topological polar surface area (TPSA) is 76.0 Å². The molecule has 1 aromatic heterocycles. The first-order chi connectivity index (χ1) is 13.8. The molecule has 0 saturated carbocycles. The molecule has 0 fully saturated rings. The maximum Gasteiger partial charge on any atom is 0.254 e. The molecule has 0 aliphatic heterocycles. The van der Waals surface area contributed by atoms with E-state index in [0.717, 1.165) is 12.1 Å². The first kappa shape index (κ1) is 20.1. The van der Waals surface area contributed by atoms with E-state index in [4.69, 9.17) is 0 Å². The van der Waals surface area contributed by atoms with Crippen LogP contribution in [-0.4, -0.2) is 27.9 Å². The molecule has 0 radical (unpaired) electrons. The summed E-state index contributed by atoms with van der Waals surface area (Å²) in [5.41, 5.74) is 0.211. The van der Waals surface area contributed by atoms with E-state index in [9.17, 15) is 22.8 Å². The van der Waals surface area contributed by atoms with Crippen molar-refractivity contribution < 1.29 is 22.8 Å². The Morgan fingerprint density at radius 3 is 2.38 bits per heavy atom. The van der Waals surface area contributed by atoms with Crippen LogP contribution in [0.5, 0.6) is 0 Å². The van der Waals surface area contributed by atoms with Crippen LogP contribution in [0.3, 0.4) is 0 Å². The lowest BCUT2D eigenvalue weighted by atomic mass is 10.1. The first-order valence-corrected chi connectivity index (χ1v) is 8.60. The molecule has 2 N–H and O–H groups in total. The third-order valence-electron chi connectivity index (χ3n) is 4.21. The van der Waals surface area contributed by atoms with E-state index in [1.807, 2.05) is 0 Å². The van der Waals surface area contributed by atoms with Gasteiger partial charge in [0.05, 0.1) is 12.1 Å². The maximum absolute atomic E-state index is 13.7. The number of aryl methyl sites for hydroxylation is 1. The van der Waals surface area contributed by atoms with Gasteiger partial charge in [0, 0.05) is 25.5 Å². The summed E-state index contributed by atoms with van der Waals surface area (Å²) in [6, 6.07) is 7.38. The van der Waals surface area contributed by atoms with Gasteiger partial charge in [0.25, 0.3) is 5.91 Å². The zero-order chi connectivity index (χ0) is 21.0. The van der Waals surface area contributed by atoms with Crippen molar-refractivity contribution in [2.24, 2.45) is 7.05 Å². The number of nitrogens with one attached hydrogen (secondary N) is 2. The van der Waals surface area contributed by atoms with Crippen LogP contribution >= 0.6 is 0 Å². The first-order valence-electron chi connectivity index (χ1n) is 8.60. The SMILES string of the molecule is Cn1ccnc1[C@@H](NC(=O)CNC(=O)c1ccc(F)cc1F)c1ccc(F)cc1. The highest BCUT2D eigenvalue weighted by molar-refractivity contribution is 5.96. The number of carbonyl (C=O) groups is 2. The van der Waals surface area contributed by atoms with Crippen LogP contribution in [0.2, 0.25) is 0 Å². The van der Waals surface area contributed by atoms with Gasteiger partial charge in [-0.05, 0) is 29.8 Å². The van der Waals surface area contributed by atoms with Gasteiger partial charge in [-0.15, -0.1) is 0 Å². The van der Waals surface area contributed by atoms with Crippen LogP contribution in [-0.2, 0) is 11.8 Å². The Morgan fingerprint density at radius 1 is 1.07 bits per heavy atom. The Morgan fingerprint density at radius 2 is 1.76 bits per heavy atom. The molecule has 29 heavy (non-hydrogen) atoms. The lowest BCUT2D eigenvalue weighted by Gasteiger charge is -2.19. The van der Waals surface area contributed by atoms with Crippen molar-refractivity contribution in [1.29, 1.82) is 0 Å². The average molecular weight is 402 g/mol. The van der Waals surface area contributed by atoms with Gasteiger partial charge in [-0.1, -0.05) is 12.1 Å². The lowest BCUT2D eigenvalue weighted by molar-refractivity contribution is -0.120. The van der Waals surface area contributed by atoms with Gasteiger partial charge in [-0.3, -0.25) is 9.59 Å². The second-order valence-corrected chi connectivity index (χ2v) is 6.26. The van der Waals surface area contributed by atoms with Crippen LogP contribution in [0.25, 0.3) is 0 Å². The lowest BCUT2D eigenvalue weighted by Crippen LogP contribution is -2.39. The molecule has 0 aliphatic rings. The Kier molecular flexibility index (Phi) is 5.96. The van der Waals surface area contributed by atoms with Gasteiger partial charge in [0.15, 0.2) is 0 Å². The van der Waals surface area contributed by atoms with Crippen molar-refractivity contribution in [3.63, 3.8) is 0 Å². The van der Waals surface area contributed by atoms with E-state index in [-0.39, 0.29) is 5.56 Å². The highest BCUT2D eigenvalue weighted by Gasteiger charge is 2.21. The molecule has 0 saturated heterocycles. The number of rotatable bonds is 6. The number of amides is 2. The summed E-state index contributed by atoms with van der Waals surface area (Å²) in [5, 5.41) is 5.00. The highest BCUT2D eigenvalue weighted by atomic mass is 19.1. The van der Waals surface area contributed by atoms with E-state index < -0.39 is 41.9 Å². The molecule has 0 unspecified atom stereocenters. The summed E-state index contributed by atoms with van der Waals surface area (Å²) in [7, 11) is 1.74. The van der Waals surface area contributed by atoms with Crippen molar-refractivity contribution in [3.8, 4) is 0 Å². The number of imidazole rings is 1. The molecule has 1 atom stereocenters. The average Bonchev–Trinajstić information content (AvgIpc) is 3.10. The highest BCUT2D eigenvalue weighted by Crippen LogP contribution is 2.20. The van der Waals surface area contributed by atoms with Gasteiger partial charge in [-0.2, -0.15) is 0 Å². The van der Waals surface area contributed by atoms with E-state index in [0.29, 0.717) is 17.5 Å². The normalized spacial score (nSPS) is 11.7. The number of hydrogen-bond donors (Lipinski definition) is 2. The van der Waals surface area contributed by atoms with Gasteiger partial charge in [0.1, 0.15) is 29.3 Å². The summed E-state index contributed by atoms with van der Waals surface area (Å²) >= 11 is 0. The van der Waals surface area contributed by atoms with Gasteiger partial charge in [-0.25, -0.2) is 18.2 Å². The predicted molar refractivity (Wildman–Crippen MR) is 98.3 cm³/mol. The van der Waals surface area contributed by atoms with Crippen LogP contribution in [0, 0.1) is 17.5 Å². The Bertz CT molecular complexity index is 1030. The maximum atomic E-state index is 13.7. The molecule has 9 heteroatoms. The van der Waals surface area contributed by atoms with Crippen molar-refractivity contribution in [2.75, 3.05) is 6.54 Å². The smallest absolute Gasteiger partial charge is 0.254 e. The van der Waals surface area contributed by atoms with Gasteiger partial charge >= 0.3 is 0 Å². The standard InChI is InChI=1S/C20H17F3N4O2/c1-27-9-8-24-19(27)18(12-2-4-13(21)5-3-12)26-17(28)11-25-20(29)15-7-6-14(22)10-16(15)23/h2-10,18H,11H2,1H3,(H,25,29)(H,26,28)/t18-/m0/s1. The quantitative estimate of drug-likeness (QED) is 0.665. The second-order valence-electron chi connectivity index (χ2n) is 6.26. The fourth-order valence-electron chi connectivity index (χ4n) is 2.75. The zero-order valence-electron chi connectivity index (χ0n) is 15.3. The molecule has 6 nitrogen and oxygen atoms in total. The summed E-state index contributed by atoms with van der Waals surface area (Å²) in [6.07, 6.45) is 3.24. The van der Waals surface area contributed by atoms with Gasteiger partial charge in [0.2, 0.25) is 5.91 Å². The Balaban J connectivity index is 1.71. The summed E-state index contributed by atoms with van der Waals surface area (Å²) in [6.45, 7) is -0.447. The minimum atomic E-state index is -1.03. The third kappa shape index (κ3) is 4.81. The predicted octanol–water partition coefficient (Wildman–Crippen LogP) is 2.47. The molecule has 3 rings (SSSR count). The molecule has 2 amide bonds. The number of aromatic nitrogens is 2. The van der Waals surface area contributed by atoms with E-state index >= 15 is 0 Å². The molecule has 3 aromatic rings. The molecule has 150 valence electrons. The van der Waals surface area contributed by atoms with Crippen LogP contribution in [0.4, 0.5) is 13.2 Å². The Hall–Kier alpha value is -3.62. The molecule has 0 bridgehead atoms. The van der Waals surface area contributed by atoms with E-state index in [1.165, 1.54) is 24.3 Å². The monoisotopic (exact) mass is 402 g/mol. The third-order valence-corrected chi connectivity index (χ3v) is 4.21. The van der Waals surface area contributed by atoms with Gasteiger partial charge < -0.3 is 15.2 Å². The number of carbonyl (C=O) groups excluding carboxylic acids is 2. The second kappa shape index (κ2) is 8.59. The molecular formula is C20H17F3N4O2. The minimum Gasteiger partial charge on any atom is -0.343 e. The van der Waals surface area contributed by atoms with Crippen LogP contribution < -0.4 is 10.6 Å². The number of halogens is 3. The van der Waals surface area contributed by atoms with Crippen molar-refractivity contribution in [3.05, 3.63) is 89.3 Å². The van der Waals surface area contributed by atoms with Crippen molar-refractivity contribution in [1.82, 2.24) is 20.2 Å². The molecule has 2 aromatic carbocycles. The zero-order valence-corrected chi connectivity index (χ0v) is 15.3. The molecule has 0 spiro atoms. The van der Waals surface area contributed by atoms with E-state index in [1.54, 1.807) is 24.0 Å². The molecule has 1 heterocycles. The largest absolute Gasteiger partial charge is 0.343 e. The van der Waals surface area contributed by atoms with Crippen LogP contribution in [0.15, 0.2) is 54.9 Å². The summed E-state index contributed by atoms with van der Waals surface area (Å²) < 4.78 is 41.6. The number of hydrogen-bond acceptors (Lipinski definition) is 3. The minimum absolute atomic E-state index is 0.376. The fraction of sp³-hybridized carbons (Fsp3) is 0.150. The number of benzene rings is 2. The number of nitrogens with zero attached hydrogens (tertiary/aromatic N) is 2. The molecular weight excluding hydrogens is 385 g/mol. The van der Waals surface area contributed by atoms with E-state index in [2.05, 4.69) is 15.6 Å². The molecule has 0 aliphatic carbocycles. The summed E-state index contributed by atoms with van der Waals surface area (Å²) in [4.78, 5) is 28.6. The fourth-order valence-corrected chi connectivity index (χ4v) is 2.75. The Labute approximate surface area is 164 Å². The van der Waals surface area contributed by atoms with Crippen molar-refractivity contribution in [2.45, 2.75) is 6.04 Å².